The fourth-order valence-corrected chi connectivity index (χ4v) is 2.13. The normalized spacial score (nSPS) is 11.2. The summed E-state index contributed by atoms with van der Waals surface area (Å²) >= 11 is 0. The molecule has 0 aliphatic carbocycles. The molecule has 2 aromatic rings. The number of hydrogen-bond donors (Lipinski definition) is 1. The monoisotopic (exact) mass is 272 g/mol. The third-order valence-electron chi connectivity index (χ3n) is 3.01. The van der Waals surface area contributed by atoms with Crippen molar-refractivity contribution in [2.45, 2.75) is 6.92 Å². The van der Waals surface area contributed by atoms with Gasteiger partial charge in [-0.3, -0.25) is 4.79 Å². The molecule has 0 fully saturated rings. The SMILES string of the molecule is CCNc1ccnc2c1c(C(=O)C=CN(C)C)cn2C. The quantitative estimate of drug-likeness (QED) is 0.670. The van der Waals surface area contributed by atoms with Crippen molar-refractivity contribution in [1.29, 1.82) is 0 Å². The molecule has 20 heavy (non-hydrogen) atoms. The molecule has 0 bridgehead atoms. The number of pyridine rings is 1. The molecular formula is C15H20N4O. The number of aryl methyl sites for hydroxylation is 1. The molecule has 0 amide bonds. The minimum atomic E-state index is -0.0172. The maximum atomic E-state index is 12.4. The Balaban J connectivity index is 2.55. The topological polar surface area (TPSA) is 50.2 Å². The smallest absolute Gasteiger partial charge is 0.189 e. The van der Waals surface area contributed by atoms with Gasteiger partial charge in [0.25, 0.3) is 0 Å². The third-order valence-corrected chi connectivity index (χ3v) is 3.01. The molecule has 0 saturated carbocycles. The van der Waals surface area contributed by atoms with E-state index in [0.717, 1.165) is 23.3 Å². The summed E-state index contributed by atoms with van der Waals surface area (Å²) in [4.78, 5) is 18.5. The van der Waals surface area contributed by atoms with Crippen LogP contribution in [0.4, 0.5) is 5.69 Å². The van der Waals surface area contributed by atoms with Crippen molar-refractivity contribution in [1.82, 2.24) is 14.5 Å². The van der Waals surface area contributed by atoms with Crippen LogP contribution in [0.15, 0.2) is 30.7 Å². The average Bonchev–Trinajstić information content (AvgIpc) is 2.75. The van der Waals surface area contributed by atoms with Crippen LogP contribution in [-0.2, 0) is 7.05 Å². The predicted octanol–water partition coefficient (Wildman–Crippen LogP) is 2.26. The molecule has 0 atom stereocenters. The van der Waals surface area contributed by atoms with Crippen molar-refractivity contribution in [3.63, 3.8) is 0 Å². The van der Waals surface area contributed by atoms with Crippen molar-refractivity contribution < 1.29 is 4.79 Å². The summed E-state index contributed by atoms with van der Waals surface area (Å²) in [5.41, 5.74) is 2.43. The Hall–Kier alpha value is -2.30. The summed E-state index contributed by atoms with van der Waals surface area (Å²) in [5.74, 6) is -0.0172. The van der Waals surface area contributed by atoms with Crippen LogP contribution in [0.25, 0.3) is 11.0 Å². The molecule has 1 N–H and O–H groups in total. The highest BCUT2D eigenvalue weighted by atomic mass is 16.1. The minimum absolute atomic E-state index is 0.0172. The Morgan fingerprint density at radius 2 is 2.25 bits per heavy atom. The number of aromatic nitrogens is 2. The van der Waals surface area contributed by atoms with Crippen LogP contribution < -0.4 is 5.32 Å². The Kier molecular flexibility index (Phi) is 4.08. The Morgan fingerprint density at radius 3 is 2.90 bits per heavy atom. The second kappa shape index (κ2) is 5.77. The number of carbonyl (C=O) groups is 1. The van der Waals surface area contributed by atoms with E-state index < -0.39 is 0 Å². The standard InChI is InChI=1S/C15H20N4O/c1-5-16-12-6-8-17-15-14(12)11(10-19(15)4)13(20)7-9-18(2)3/h6-10H,5H2,1-4H3,(H,16,17). The number of nitrogens with one attached hydrogen (secondary N) is 1. The number of allylic oxidation sites excluding steroid dienone is 1. The molecule has 5 nitrogen and oxygen atoms in total. The average molecular weight is 272 g/mol. The first-order chi connectivity index (χ1) is 9.54. The van der Waals surface area contributed by atoms with E-state index in [1.165, 1.54) is 0 Å². The molecule has 0 aliphatic rings. The van der Waals surface area contributed by atoms with Gasteiger partial charge >= 0.3 is 0 Å². The van der Waals surface area contributed by atoms with Crippen molar-refractivity contribution in [3.8, 4) is 0 Å². The van der Waals surface area contributed by atoms with E-state index in [1.54, 1.807) is 18.5 Å². The molecule has 5 heteroatoms. The maximum absolute atomic E-state index is 12.4. The van der Waals surface area contributed by atoms with Crippen molar-refractivity contribution in [2.24, 2.45) is 7.05 Å². The van der Waals surface area contributed by atoms with Gasteiger partial charge in [-0.1, -0.05) is 0 Å². The van der Waals surface area contributed by atoms with Crippen LogP contribution in [0.1, 0.15) is 17.3 Å². The predicted molar refractivity (Wildman–Crippen MR) is 82.0 cm³/mol. The molecule has 0 spiro atoms. The highest BCUT2D eigenvalue weighted by Gasteiger charge is 2.15. The second-order valence-electron chi connectivity index (χ2n) is 4.88. The minimum Gasteiger partial charge on any atom is -0.385 e. The van der Waals surface area contributed by atoms with E-state index >= 15 is 0 Å². The third kappa shape index (κ3) is 2.66. The van der Waals surface area contributed by atoms with Gasteiger partial charge in [-0.15, -0.1) is 0 Å². The summed E-state index contributed by atoms with van der Waals surface area (Å²) in [5, 5.41) is 4.16. The van der Waals surface area contributed by atoms with E-state index in [4.69, 9.17) is 0 Å². The summed E-state index contributed by atoms with van der Waals surface area (Å²) in [6, 6.07) is 1.90. The molecular weight excluding hydrogens is 252 g/mol. The number of fused-ring (bicyclic) bond motifs is 1. The van der Waals surface area contributed by atoms with Gasteiger partial charge in [-0.25, -0.2) is 4.98 Å². The number of hydrogen-bond acceptors (Lipinski definition) is 4. The Labute approximate surface area is 118 Å². The summed E-state index contributed by atoms with van der Waals surface area (Å²) in [6.45, 7) is 2.83. The van der Waals surface area contributed by atoms with E-state index in [1.807, 2.05) is 49.8 Å². The first-order valence-corrected chi connectivity index (χ1v) is 6.61. The van der Waals surface area contributed by atoms with Gasteiger partial charge in [0, 0.05) is 58.0 Å². The van der Waals surface area contributed by atoms with Crippen molar-refractivity contribution in [2.75, 3.05) is 26.0 Å². The van der Waals surface area contributed by atoms with Crippen LogP contribution in [-0.4, -0.2) is 40.9 Å². The van der Waals surface area contributed by atoms with E-state index in [0.29, 0.717) is 5.56 Å². The van der Waals surface area contributed by atoms with Crippen LogP contribution >= 0.6 is 0 Å². The molecule has 0 unspecified atom stereocenters. The summed E-state index contributed by atoms with van der Waals surface area (Å²) in [7, 11) is 5.68. The molecule has 0 saturated heterocycles. The molecule has 0 aliphatic heterocycles. The highest BCUT2D eigenvalue weighted by Crippen LogP contribution is 2.27. The van der Waals surface area contributed by atoms with Gasteiger partial charge in [0.2, 0.25) is 0 Å². The van der Waals surface area contributed by atoms with Crippen molar-refractivity contribution >= 4 is 22.5 Å². The summed E-state index contributed by atoms with van der Waals surface area (Å²) < 4.78 is 1.88. The number of ketones is 1. The first kappa shape index (κ1) is 14.1. The zero-order chi connectivity index (χ0) is 14.7. The van der Waals surface area contributed by atoms with Gasteiger partial charge in [-0.05, 0) is 13.0 Å². The Morgan fingerprint density at radius 1 is 1.50 bits per heavy atom. The fraction of sp³-hybridized carbons (Fsp3) is 0.333. The second-order valence-corrected chi connectivity index (χ2v) is 4.88. The molecule has 2 rings (SSSR count). The van der Waals surface area contributed by atoms with Crippen LogP contribution in [0, 0.1) is 0 Å². The largest absolute Gasteiger partial charge is 0.385 e. The molecule has 106 valence electrons. The first-order valence-electron chi connectivity index (χ1n) is 6.61. The molecule has 2 heterocycles. The van der Waals surface area contributed by atoms with Gasteiger partial charge in [-0.2, -0.15) is 0 Å². The lowest BCUT2D eigenvalue weighted by Gasteiger charge is -2.06. The van der Waals surface area contributed by atoms with Gasteiger partial charge in [0.05, 0.1) is 10.9 Å². The highest BCUT2D eigenvalue weighted by molar-refractivity contribution is 6.15. The van der Waals surface area contributed by atoms with E-state index in [2.05, 4.69) is 10.3 Å². The number of nitrogens with zero attached hydrogens (tertiary/aromatic N) is 3. The van der Waals surface area contributed by atoms with Crippen LogP contribution in [0.2, 0.25) is 0 Å². The van der Waals surface area contributed by atoms with Gasteiger partial charge in [0.15, 0.2) is 5.78 Å². The van der Waals surface area contributed by atoms with Gasteiger partial charge < -0.3 is 14.8 Å². The lowest BCUT2D eigenvalue weighted by molar-refractivity contribution is 0.104. The zero-order valence-electron chi connectivity index (χ0n) is 12.3. The zero-order valence-corrected chi connectivity index (χ0v) is 12.3. The van der Waals surface area contributed by atoms with Crippen LogP contribution in [0.5, 0.6) is 0 Å². The maximum Gasteiger partial charge on any atom is 0.189 e. The number of carbonyl (C=O) groups excluding carboxylic acids is 1. The number of rotatable bonds is 5. The lowest BCUT2D eigenvalue weighted by Crippen LogP contribution is -2.03. The number of anilines is 1. The van der Waals surface area contributed by atoms with Crippen LogP contribution in [0.3, 0.4) is 0 Å². The molecule has 0 aromatic carbocycles. The lowest BCUT2D eigenvalue weighted by atomic mass is 10.1. The fourth-order valence-electron chi connectivity index (χ4n) is 2.13. The van der Waals surface area contributed by atoms with Crippen molar-refractivity contribution in [3.05, 3.63) is 36.3 Å². The van der Waals surface area contributed by atoms with Gasteiger partial charge in [0.1, 0.15) is 5.65 Å². The Bertz CT molecular complexity index is 655. The van der Waals surface area contributed by atoms with E-state index in [-0.39, 0.29) is 5.78 Å². The molecule has 0 radical (unpaired) electrons. The molecule has 2 aromatic heterocycles. The van der Waals surface area contributed by atoms with E-state index in [9.17, 15) is 4.79 Å². The summed E-state index contributed by atoms with van der Waals surface area (Å²) in [6.07, 6.45) is 6.92.